The first-order chi connectivity index (χ1) is 35.2. The summed E-state index contributed by atoms with van der Waals surface area (Å²) in [7, 11) is 5.50. The highest BCUT2D eigenvalue weighted by molar-refractivity contribution is 14.1. The van der Waals surface area contributed by atoms with Crippen LogP contribution in [0.5, 0.6) is 5.75 Å². The maximum atomic E-state index is 15.3. The van der Waals surface area contributed by atoms with Gasteiger partial charge in [-0.2, -0.15) is 0 Å². The molecule has 2 N–H and O–H groups in total. The van der Waals surface area contributed by atoms with Gasteiger partial charge in [-0.05, 0) is 112 Å². The molecule has 1 spiro atoms. The standard InChI is InChI=1S/C57H77IN8O8/c1-11-21-59-46(38(5)73-10)32-49-45-33-56(6,7)36-74-51(69)31-42-15-13-23-66(65(42)25-20-58)54(71)47(28-39-26-41(29-43(67)27-39)40-17-18-48(44(45)30-40)63(49)12-2)60-53(70)52(37(3)4)64-24-19-57(55(64)72)34-62(35-57)50(68)16-14-22-61(8)9/h11,14,16-18,21,26-27,29-30,32,37-38,42,47,52,67H,1,12-13,15,19-20,22-25,28,31,33-36H2,2-10H3,(H,60,70)/b16-14+,46-32+,59-21?/t38-,42-,47-,52-/m0/s1. The van der Waals surface area contributed by atoms with Gasteiger partial charge in [-0.25, -0.2) is 5.01 Å². The van der Waals surface area contributed by atoms with E-state index in [-0.39, 0.29) is 80.0 Å². The van der Waals surface area contributed by atoms with Crippen LogP contribution in [0.15, 0.2) is 71.9 Å². The molecule has 74 heavy (non-hydrogen) atoms. The van der Waals surface area contributed by atoms with Gasteiger partial charge in [-0.3, -0.25) is 34.0 Å². The molecule has 4 atom stereocenters. The molecule has 3 aromatic rings. The highest BCUT2D eigenvalue weighted by Crippen LogP contribution is 2.43. The van der Waals surface area contributed by atoms with Crippen LogP contribution < -0.4 is 5.32 Å². The van der Waals surface area contributed by atoms with Crippen LogP contribution in [0.2, 0.25) is 0 Å². The lowest BCUT2D eigenvalue weighted by atomic mass is 9.78. The number of carbonyl (C=O) groups is 5. The van der Waals surface area contributed by atoms with Crippen LogP contribution in [0.3, 0.4) is 0 Å². The third-order valence-corrected chi connectivity index (χ3v) is 15.5. The van der Waals surface area contributed by atoms with Gasteiger partial charge in [-0.15, -0.1) is 0 Å². The monoisotopic (exact) mass is 1130 g/mol. The number of hydrogen-bond acceptors (Lipinski definition) is 11. The number of alkyl halides is 1. The number of benzene rings is 2. The Labute approximate surface area is 450 Å². The molecule has 400 valence electrons. The molecule has 4 aliphatic heterocycles. The SMILES string of the molecule is C=CC=N/C(=C/c1c2c3cc(ccc3n1CC)-c1cc(O)cc(c1)C[C@H](NC(=O)[C@H](C(C)C)N1CCC3(CN(C(=O)/C=C/CN(C)C)C3)C1=O)C(=O)N1CCC[C@@H](CC(=O)OCC(C)(C)C2)N1CCI)[C@H](C)OC. The summed E-state index contributed by atoms with van der Waals surface area (Å²) >= 11 is 2.28. The number of rotatable bonds is 15. The average Bonchev–Trinajstić information content (AvgIpc) is 3.82. The van der Waals surface area contributed by atoms with Gasteiger partial charge in [0.05, 0.1) is 30.2 Å². The van der Waals surface area contributed by atoms with E-state index < -0.39 is 28.8 Å². The number of nitrogens with one attached hydrogen (secondary N) is 1. The number of esters is 1. The van der Waals surface area contributed by atoms with E-state index in [0.29, 0.717) is 74.1 Å². The van der Waals surface area contributed by atoms with Gasteiger partial charge in [0.2, 0.25) is 17.7 Å². The molecule has 0 unspecified atom stereocenters. The molecule has 3 saturated heterocycles. The number of cyclic esters (lactones) is 1. The normalized spacial score (nSPS) is 21.6. The number of aliphatic imine (C=N–C) groups is 1. The van der Waals surface area contributed by atoms with Gasteiger partial charge < -0.3 is 39.2 Å². The minimum atomic E-state index is -1.12. The quantitative estimate of drug-likeness (QED) is 0.0529. The summed E-state index contributed by atoms with van der Waals surface area (Å²) in [4.78, 5) is 81.7. The fourth-order valence-electron chi connectivity index (χ4n) is 11.2. The second kappa shape index (κ2) is 24.1. The maximum absolute atomic E-state index is 15.3. The number of likely N-dealkylation sites (tertiary alicyclic amines) is 2. The van der Waals surface area contributed by atoms with E-state index in [1.807, 2.05) is 56.9 Å². The number of ether oxygens (including phenoxy) is 2. The number of aryl methyl sites for hydroxylation is 1. The number of methoxy groups -OCH3 is 1. The molecule has 1 aromatic heterocycles. The first-order valence-electron chi connectivity index (χ1n) is 26.1. The molecule has 17 heteroatoms. The Kier molecular flexibility index (Phi) is 18.4. The zero-order valence-electron chi connectivity index (χ0n) is 44.9. The third-order valence-electron chi connectivity index (χ3n) is 15.0. The number of allylic oxidation sites excluding steroid dienone is 1. The predicted molar refractivity (Wildman–Crippen MR) is 299 cm³/mol. The number of phenols is 1. The minimum Gasteiger partial charge on any atom is -0.508 e. The Balaban J connectivity index is 1.29. The summed E-state index contributed by atoms with van der Waals surface area (Å²) in [6, 6.07) is 9.20. The highest BCUT2D eigenvalue weighted by atomic mass is 127. The molecule has 3 fully saturated rings. The van der Waals surface area contributed by atoms with Crippen LogP contribution in [-0.2, 0) is 52.8 Å². The molecule has 4 aliphatic rings. The number of hydrogen-bond donors (Lipinski definition) is 2. The number of amides is 4. The molecule has 16 nitrogen and oxygen atoms in total. The highest BCUT2D eigenvalue weighted by Gasteiger charge is 2.58. The van der Waals surface area contributed by atoms with Crippen molar-refractivity contribution in [1.29, 1.82) is 0 Å². The van der Waals surface area contributed by atoms with Crippen LogP contribution in [0, 0.1) is 16.7 Å². The van der Waals surface area contributed by atoms with Gasteiger partial charge >= 0.3 is 5.97 Å². The summed E-state index contributed by atoms with van der Waals surface area (Å²) in [6.07, 6.45) is 10.8. The summed E-state index contributed by atoms with van der Waals surface area (Å²) in [5.41, 5.74) is 4.60. The van der Waals surface area contributed by atoms with Crippen molar-refractivity contribution >= 4 is 75.4 Å². The molecule has 0 saturated carbocycles. The molecular weight excluding hydrogens is 1050 g/mol. The van der Waals surface area contributed by atoms with Crippen molar-refractivity contribution in [2.75, 3.05) is 71.5 Å². The van der Waals surface area contributed by atoms with Gasteiger partial charge in [0.25, 0.3) is 5.91 Å². The Morgan fingerprint density at radius 3 is 2.50 bits per heavy atom. The zero-order chi connectivity index (χ0) is 53.6. The summed E-state index contributed by atoms with van der Waals surface area (Å²) < 4.78 is 14.9. The van der Waals surface area contributed by atoms with E-state index in [1.54, 1.807) is 58.5 Å². The number of aromatic hydroxyl groups is 1. The fraction of sp³-hybridized carbons (Fsp3) is 0.544. The first-order valence-corrected chi connectivity index (χ1v) is 27.6. The molecule has 0 radical (unpaired) electrons. The number of hydrazine groups is 1. The fourth-order valence-corrected chi connectivity index (χ4v) is 11.7. The maximum Gasteiger partial charge on any atom is 0.307 e. The average molecular weight is 1130 g/mol. The van der Waals surface area contributed by atoms with Gasteiger partial charge in [0.1, 0.15) is 17.8 Å². The van der Waals surface area contributed by atoms with Crippen LogP contribution in [-0.4, -0.2) is 166 Å². The second-order valence-electron chi connectivity index (χ2n) is 21.8. The smallest absolute Gasteiger partial charge is 0.307 e. The zero-order valence-corrected chi connectivity index (χ0v) is 47.0. The number of phenolic OH excluding ortho intramolecular Hbond substituents is 1. The van der Waals surface area contributed by atoms with Crippen molar-refractivity contribution in [2.45, 2.75) is 111 Å². The lowest BCUT2D eigenvalue weighted by Crippen LogP contribution is -2.64. The van der Waals surface area contributed by atoms with Crippen molar-refractivity contribution in [2.24, 2.45) is 21.7 Å². The molecule has 4 amide bonds. The Morgan fingerprint density at radius 2 is 1.82 bits per heavy atom. The number of halogens is 1. The van der Waals surface area contributed by atoms with E-state index in [2.05, 4.69) is 78.0 Å². The largest absolute Gasteiger partial charge is 0.508 e. The molecule has 7 rings (SSSR count). The van der Waals surface area contributed by atoms with E-state index in [4.69, 9.17) is 14.5 Å². The Bertz CT molecular complexity index is 2680. The topological polar surface area (TPSA) is 170 Å². The Hall–Kier alpha value is -5.37. The van der Waals surface area contributed by atoms with Gasteiger partial charge in [0, 0.05) is 104 Å². The van der Waals surface area contributed by atoms with Crippen molar-refractivity contribution in [1.82, 2.24) is 34.6 Å². The summed E-state index contributed by atoms with van der Waals surface area (Å²) in [6.45, 7) is 19.1. The van der Waals surface area contributed by atoms with Crippen LogP contribution >= 0.6 is 22.6 Å². The molecule has 6 bridgehead atoms. The van der Waals surface area contributed by atoms with Crippen molar-refractivity contribution in [3.8, 4) is 16.9 Å². The molecule has 2 aromatic carbocycles. The van der Waals surface area contributed by atoms with E-state index in [1.165, 1.54) is 0 Å². The third kappa shape index (κ3) is 12.5. The van der Waals surface area contributed by atoms with Crippen molar-refractivity contribution in [3.63, 3.8) is 0 Å². The van der Waals surface area contributed by atoms with Gasteiger partial charge in [0.15, 0.2) is 0 Å². The predicted octanol–water partition coefficient (Wildman–Crippen LogP) is 7.06. The lowest BCUT2D eigenvalue weighted by Gasteiger charge is -2.46. The van der Waals surface area contributed by atoms with Crippen molar-refractivity contribution in [3.05, 3.63) is 83.7 Å². The van der Waals surface area contributed by atoms with Crippen molar-refractivity contribution < 1.29 is 38.6 Å². The first kappa shape index (κ1) is 56.4. The number of aromatic nitrogens is 1. The number of carbonyl (C=O) groups excluding carboxylic acids is 5. The summed E-state index contributed by atoms with van der Waals surface area (Å²) in [5.74, 6) is -1.78. The van der Waals surface area contributed by atoms with Crippen LogP contribution in [0.25, 0.3) is 28.1 Å². The minimum absolute atomic E-state index is 0.00451. The molecular formula is C57H77IN8O8. The lowest BCUT2D eigenvalue weighted by molar-refractivity contribution is -0.168. The summed E-state index contributed by atoms with van der Waals surface area (Å²) in [5, 5.41) is 19.3. The number of fused-ring (bicyclic) bond motifs is 6. The molecule has 0 aliphatic carbocycles. The number of likely N-dealkylation sites (N-methyl/N-ethyl adjacent to an activating group) is 1. The Morgan fingerprint density at radius 1 is 1.07 bits per heavy atom. The van der Waals surface area contributed by atoms with E-state index in [0.717, 1.165) is 33.3 Å². The van der Waals surface area contributed by atoms with E-state index in [9.17, 15) is 24.3 Å². The number of nitrogens with zero attached hydrogens (tertiary/aromatic N) is 7. The van der Waals surface area contributed by atoms with Crippen LogP contribution in [0.4, 0.5) is 0 Å². The molecule has 5 heterocycles. The second-order valence-corrected chi connectivity index (χ2v) is 22.9. The van der Waals surface area contributed by atoms with Crippen LogP contribution in [0.1, 0.15) is 84.0 Å². The van der Waals surface area contributed by atoms with E-state index >= 15 is 4.79 Å². The van der Waals surface area contributed by atoms with Gasteiger partial charge in [-0.1, -0.05) is 81.1 Å².